The average Bonchev–Trinajstić information content (AvgIpc) is 2.65. The van der Waals surface area contributed by atoms with Gasteiger partial charge < -0.3 is 19.9 Å². The lowest BCUT2D eigenvalue weighted by Crippen LogP contribution is -3.28. The molecule has 0 spiro atoms. The van der Waals surface area contributed by atoms with Crippen molar-refractivity contribution in [3.63, 3.8) is 0 Å². The molecule has 0 saturated carbocycles. The fourth-order valence-electron chi connectivity index (χ4n) is 3.40. The SMILES string of the molecule is COc1ccc(Cl)cc1NC(=O)C[NH+]1CC[NH+](Cc2ccc(Cl)cc2)CC1. The molecule has 7 heteroatoms. The highest BCUT2D eigenvalue weighted by atomic mass is 35.5. The number of rotatable bonds is 6. The van der Waals surface area contributed by atoms with Crippen molar-refractivity contribution in [1.82, 2.24) is 0 Å². The Bertz CT molecular complexity index is 775. The molecular formula is C20H25Cl2N3O2+2. The Morgan fingerprint density at radius 2 is 1.63 bits per heavy atom. The number of methoxy groups -OCH3 is 1. The molecule has 1 aliphatic heterocycles. The summed E-state index contributed by atoms with van der Waals surface area (Å²) in [5.74, 6) is 0.590. The molecule has 27 heavy (non-hydrogen) atoms. The summed E-state index contributed by atoms with van der Waals surface area (Å²) in [4.78, 5) is 15.3. The van der Waals surface area contributed by atoms with E-state index in [9.17, 15) is 4.79 Å². The molecule has 0 bridgehead atoms. The van der Waals surface area contributed by atoms with Crippen LogP contribution >= 0.6 is 23.2 Å². The van der Waals surface area contributed by atoms with E-state index in [1.165, 1.54) is 15.4 Å². The van der Waals surface area contributed by atoms with E-state index in [2.05, 4.69) is 17.4 Å². The molecular weight excluding hydrogens is 385 g/mol. The Balaban J connectivity index is 1.47. The van der Waals surface area contributed by atoms with Crippen LogP contribution in [0.5, 0.6) is 5.75 Å². The highest BCUT2D eigenvalue weighted by Gasteiger charge is 2.25. The van der Waals surface area contributed by atoms with Crippen LogP contribution < -0.4 is 19.9 Å². The molecule has 2 aromatic rings. The lowest BCUT2D eigenvalue weighted by atomic mass is 10.2. The van der Waals surface area contributed by atoms with Crippen LogP contribution in [0.4, 0.5) is 5.69 Å². The third kappa shape index (κ3) is 5.84. The average molecular weight is 410 g/mol. The molecule has 1 aliphatic rings. The maximum Gasteiger partial charge on any atom is 0.279 e. The largest absolute Gasteiger partial charge is 0.495 e. The standard InChI is InChI=1S/C20H23Cl2N3O2/c1-27-19-7-6-17(22)12-18(19)23-20(26)14-25-10-8-24(9-11-25)13-15-2-4-16(21)5-3-15/h2-7,12H,8-11,13-14H2,1H3,(H,23,26)/p+2. The lowest BCUT2D eigenvalue weighted by molar-refractivity contribution is -1.02. The molecule has 5 nitrogen and oxygen atoms in total. The molecule has 144 valence electrons. The van der Waals surface area contributed by atoms with Gasteiger partial charge in [0.2, 0.25) is 0 Å². The van der Waals surface area contributed by atoms with E-state index in [1.807, 2.05) is 12.1 Å². The first kappa shape index (κ1) is 20.0. The van der Waals surface area contributed by atoms with Crippen molar-refractivity contribution in [2.75, 3.05) is 45.2 Å². The maximum atomic E-state index is 12.4. The Kier molecular flexibility index (Phi) is 6.96. The van der Waals surface area contributed by atoms with Crippen molar-refractivity contribution < 1.29 is 19.3 Å². The monoisotopic (exact) mass is 409 g/mol. The molecule has 0 unspecified atom stereocenters. The van der Waals surface area contributed by atoms with Crippen LogP contribution in [-0.2, 0) is 11.3 Å². The molecule has 1 amide bonds. The quantitative estimate of drug-likeness (QED) is 0.664. The summed E-state index contributed by atoms with van der Waals surface area (Å²) in [6.07, 6.45) is 0. The number of hydrogen-bond donors (Lipinski definition) is 3. The molecule has 2 aromatic carbocycles. The van der Waals surface area contributed by atoms with Crippen LogP contribution in [0.3, 0.4) is 0 Å². The summed E-state index contributed by atoms with van der Waals surface area (Å²) in [7, 11) is 1.58. The first-order valence-electron chi connectivity index (χ1n) is 9.08. The van der Waals surface area contributed by atoms with Crippen LogP contribution in [-0.4, -0.2) is 45.7 Å². The minimum atomic E-state index is -0.0216. The fourth-order valence-corrected chi connectivity index (χ4v) is 3.70. The Morgan fingerprint density at radius 1 is 1.00 bits per heavy atom. The third-order valence-electron chi connectivity index (χ3n) is 4.88. The van der Waals surface area contributed by atoms with Crippen molar-refractivity contribution in [2.24, 2.45) is 0 Å². The maximum absolute atomic E-state index is 12.4. The number of carbonyl (C=O) groups is 1. The van der Waals surface area contributed by atoms with Gasteiger partial charge in [-0.3, -0.25) is 4.79 Å². The van der Waals surface area contributed by atoms with E-state index in [0.717, 1.165) is 37.7 Å². The van der Waals surface area contributed by atoms with Gasteiger partial charge in [-0.25, -0.2) is 0 Å². The number of halogens is 2. The van der Waals surface area contributed by atoms with Crippen molar-refractivity contribution >= 4 is 34.8 Å². The molecule has 0 aromatic heterocycles. The Morgan fingerprint density at radius 3 is 2.30 bits per heavy atom. The van der Waals surface area contributed by atoms with Gasteiger partial charge in [-0.1, -0.05) is 35.3 Å². The summed E-state index contributed by atoms with van der Waals surface area (Å²) in [6.45, 7) is 5.49. The van der Waals surface area contributed by atoms with Gasteiger partial charge in [0, 0.05) is 15.6 Å². The molecule has 1 heterocycles. The number of benzene rings is 2. The summed E-state index contributed by atoms with van der Waals surface area (Å²) in [5, 5.41) is 4.25. The lowest BCUT2D eigenvalue weighted by Gasteiger charge is -2.29. The second-order valence-electron chi connectivity index (χ2n) is 6.87. The smallest absolute Gasteiger partial charge is 0.279 e. The van der Waals surface area contributed by atoms with Crippen molar-refractivity contribution in [2.45, 2.75) is 6.54 Å². The number of hydrogen-bond acceptors (Lipinski definition) is 2. The first-order valence-corrected chi connectivity index (χ1v) is 9.84. The molecule has 0 aliphatic carbocycles. The molecule has 3 N–H and O–H groups in total. The van der Waals surface area contributed by atoms with Gasteiger partial charge in [0.1, 0.15) is 38.5 Å². The van der Waals surface area contributed by atoms with Crippen LogP contribution in [0.2, 0.25) is 10.0 Å². The second-order valence-corrected chi connectivity index (χ2v) is 7.75. The zero-order valence-corrected chi connectivity index (χ0v) is 16.9. The zero-order valence-electron chi connectivity index (χ0n) is 15.4. The zero-order chi connectivity index (χ0) is 19.2. The molecule has 0 radical (unpaired) electrons. The number of piperazine rings is 1. The van der Waals surface area contributed by atoms with E-state index >= 15 is 0 Å². The predicted molar refractivity (Wildman–Crippen MR) is 108 cm³/mol. The highest BCUT2D eigenvalue weighted by Crippen LogP contribution is 2.27. The normalized spacial score (nSPS) is 19.5. The summed E-state index contributed by atoms with van der Waals surface area (Å²) >= 11 is 12.0. The number of carbonyl (C=O) groups excluding carboxylic acids is 1. The van der Waals surface area contributed by atoms with Crippen molar-refractivity contribution in [3.8, 4) is 5.75 Å². The summed E-state index contributed by atoms with van der Waals surface area (Å²) < 4.78 is 5.28. The fraction of sp³-hybridized carbons (Fsp3) is 0.350. The third-order valence-corrected chi connectivity index (χ3v) is 5.36. The van der Waals surface area contributed by atoms with Crippen LogP contribution in [0.1, 0.15) is 5.56 Å². The molecule has 0 atom stereocenters. The summed E-state index contributed by atoms with van der Waals surface area (Å²) in [5.41, 5.74) is 1.91. The number of anilines is 1. The van der Waals surface area contributed by atoms with Crippen molar-refractivity contribution in [3.05, 3.63) is 58.1 Å². The van der Waals surface area contributed by atoms with Gasteiger partial charge >= 0.3 is 0 Å². The second kappa shape index (κ2) is 9.42. The number of quaternary nitrogens is 2. The Labute approximate surface area is 169 Å². The van der Waals surface area contributed by atoms with Gasteiger partial charge in [-0.2, -0.15) is 0 Å². The molecule has 3 rings (SSSR count). The van der Waals surface area contributed by atoms with Crippen LogP contribution in [0.25, 0.3) is 0 Å². The highest BCUT2D eigenvalue weighted by molar-refractivity contribution is 6.31. The molecule has 1 saturated heterocycles. The minimum Gasteiger partial charge on any atom is -0.495 e. The number of amides is 1. The van der Waals surface area contributed by atoms with E-state index in [4.69, 9.17) is 27.9 Å². The van der Waals surface area contributed by atoms with Gasteiger partial charge in [-0.15, -0.1) is 0 Å². The first-order chi connectivity index (χ1) is 13.0. The molecule has 1 fully saturated rings. The predicted octanol–water partition coefficient (Wildman–Crippen LogP) is 0.924. The van der Waals surface area contributed by atoms with E-state index in [1.54, 1.807) is 25.3 Å². The van der Waals surface area contributed by atoms with Crippen molar-refractivity contribution in [1.29, 1.82) is 0 Å². The van der Waals surface area contributed by atoms with Gasteiger partial charge in [0.15, 0.2) is 6.54 Å². The van der Waals surface area contributed by atoms with E-state index < -0.39 is 0 Å². The van der Waals surface area contributed by atoms with Gasteiger partial charge in [0.25, 0.3) is 5.91 Å². The minimum absolute atomic E-state index is 0.0216. The van der Waals surface area contributed by atoms with Crippen LogP contribution in [0.15, 0.2) is 42.5 Å². The number of nitrogens with one attached hydrogen (secondary N) is 3. The van der Waals surface area contributed by atoms with Gasteiger partial charge in [0.05, 0.1) is 12.8 Å². The van der Waals surface area contributed by atoms with Crippen LogP contribution in [0, 0.1) is 0 Å². The van der Waals surface area contributed by atoms with E-state index in [-0.39, 0.29) is 5.91 Å². The Hall–Kier alpha value is -1.79. The van der Waals surface area contributed by atoms with E-state index in [0.29, 0.717) is 23.0 Å². The topological polar surface area (TPSA) is 47.2 Å². The number of ether oxygens (including phenoxy) is 1. The van der Waals surface area contributed by atoms with Gasteiger partial charge in [-0.05, 0) is 30.3 Å². The summed E-state index contributed by atoms with van der Waals surface area (Å²) in [6, 6.07) is 13.2.